The van der Waals surface area contributed by atoms with E-state index in [1.54, 1.807) is 0 Å². The average Bonchev–Trinajstić information content (AvgIpc) is 3.19. The van der Waals surface area contributed by atoms with E-state index in [0.717, 1.165) is 29.1 Å². The molecule has 0 spiro atoms. The second-order valence-corrected chi connectivity index (χ2v) is 12.1. The van der Waals surface area contributed by atoms with Crippen molar-refractivity contribution in [2.24, 2.45) is 5.41 Å². The number of aromatic nitrogens is 2. The predicted molar refractivity (Wildman–Crippen MR) is 156 cm³/mol. The SMILES string of the molecule is Cc1cc(-c2cc(-c3nccc4c3sc3cc(CC(C)(C)C)ccc34)cc3ccccc23)cc(C)n1. The minimum Gasteiger partial charge on any atom is -0.258 e. The van der Waals surface area contributed by atoms with Crippen LogP contribution in [0.4, 0.5) is 0 Å². The van der Waals surface area contributed by atoms with Crippen LogP contribution < -0.4 is 0 Å². The summed E-state index contributed by atoms with van der Waals surface area (Å²) in [7, 11) is 0. The molecule has 6 aromatic rings. The fraction of sp³-hybridized carbons (Fsp3) is 0.212. The first-order valence-corrected chi connectivity index (χ1v) is 13.4. The van der Waals surface area contributed by atoms with Crippen LogP contribution in [-0.2, 0) is 6.42 Å². The Kier molecular flexibility index (Phi) is 5.42. The molecule has 3 heterocycles. The molecule has 0 amide bonds. The van der Waals surface area contributed by atoms with E-state index < -0.39 is 0 Å². The zero-order chi connectivity index (χ0) is 25.0. The van der Waals surface area contributed by atoms with Gasteiger partial charge in [-0.3, -0.25) is 9.97 Å². The van der Waals surface area contributed by atoms with E-state index in [-0.39, 0.29) is 5.41 Å². The number of aryl methyl sites for hydroxylation is 2. The van der Waals surface area contributed by atoms with Crippen LogP contribution in [-0.4, -0.2) is 9.97 Å². The molecule has 0 aliphatic carbocycles. The molecule has 0 aliphatic rings. The molecule has 0 N–H and O–H groups in total. The molecule has 0 saturated heterocycles. The van der Waals surface area contributed by atoms with E-state index in [4.69, 9.17) is 4.98 Å². The van der Waals surface area contributed by atoms with Crippen molar-refractivity contribution in [3.8, 4) is 22.4 Å². The quantitative estimate of drug-likeness (QED) is 0.249. The predicted octanol–water partition coefficient (Wildman–Crippen LogP) is 9.54. The Morgan fingerprint density at radius 2 is 1.53 bits per heavy atom. The summed E-state index contributed by atoms with van der Waals surface area (Å²) in [5, 5.41) is 5.08. The Balaban J connectivity index is 1.58. The van der Waals surface area contributed by atoms with Gasteiger partial charge in [-0.2, -0.15) is 0 Å². The number of fused-ring (bicyclic) bond motifs is 4. The van der Waals surface area contributed by atoms with Crippen molar-refractivity contribution in [3.05, 3.63) is 95.9 Å². The topological polar surface area (TPSA) is 25.8 Å². The molecule has 3 heteroatoms. The standard InChI is InChI=1S/C33H30N2S/c1-20-14-24(15-21(2)35-20)29-18-25(17-23-8-6-7-9-26(23)29)31-32-28(12-13-34-31)27-11-10-22(16-30(27)36-32)19-33(3,4)5/h6-18H,19H2,1-5H3. The molecule has 3 aromatic carbocycles. The van der Waals surface area contributed by atoms with Crippen molar-refractivity contribution >= 4 is 42.3 Å². The molecule has 0 unspecified atom stereocenters. The molecule has 0 radical (unpaired) electrons. The normalized spacial score (nSPS) is 12.1. The Bertz CT molecular complexity index is 1750. The van der Waals surface area contributed by atoms with E-state index in [1.165, 1.54) is 47.6 Å². The van der Waals surface area contributed by atoms with Crippen LogP contribution in [0.25, 0.3) is 53.3 Å². The lowest BCUT2D eigenvalue weighted by Crippen LogP contribution is -2.08. The molecular weight excluding hydrogens is 456 g/mol. The van der Waals surface area contributed by atoms with Crippen molar-refractivity contribution in [3.63, 3.8) is 0 Å². The molecule has 6 rings (SSSR count). The summed E-state index contributed by atoms with van der Waals surface area (Å²) in [4.78, 5) is 9.53. The first-order valence-electron chi connectivity index (χ1n) is 12.5. The fourth-order valence-corrected chi connectivity index (χ4v) is 6.62. The van der Waals surface area contributed by atoms with Crippen molar-refractivity contribution in [2.45, 2.75) is 41.0 Å². The summed E-state index contributed by atoms with van der Waals surface area (Å²) < 4.78 is 2.59. The molecule has 0 bridgehead atoms. The molecule has 0 fully saturated rings. The van der Waals surface area contributed by atoms with Gasteiger partial charge in [0.15, 0.2) is 0 Å². The third-order valence-corrected chi connectivity index (χ3v) is 7.89. The first-order chi connectivity index (χ1) is 17.2. The van der Waals surface area contributed by atoms with Crippen LogP contribution in [0.3, 0.4) is 0 Å². The maximum atomic E-state index is 4.93. The van der Waals surface area contributed by atoms with E-state index in [9.17, 15) is 0 Å². The van der Waals surface area contributed by atoms with E-state index in [1.807, 2.05) is 17.5 Å². The summed E-state index contributed by atoms with van der Waals surface area (Å²) in [6, 6.07) is 26.8. The number of pyridine rings is 2. The number of nitrogens with zero attached hydrogens (tertiary/aromatic N) is 2. The van der Waals surface area contributed by atoms with Gasteiger partial charge in [0, 0.05) is 38.6 Å². The van der Waals surface area contributed by atoms with Gasteiger partial charge in [-0.25, -0.2) is 0 Å². The van der Waals surface area contributed by atoms with Gasteiger partial charge in [-0.1, -0.05) is 57.2 Å². The summed E-state index contributed by atoms with van der Waals surface area (Å²) >= 11 is 1.86. The summed E-state index contributed by atoms with van der Waals surface area (Å²) in [5.41, 5.74) is 8.38. The van der Waals surface area contributed by atoms with Gasteiger partial charge in [-0.05, 0) is 89.5 Å². The maximum Gasteiger partial charge on any atom is 0.0880 e. The van der Waals surface area contributed by atoms with Crippen LogP contribution in [0.2, 0.25) is 0 Å². The summed E-state index contributed by atoms with van der Waals surface area (Å²) in [6.07, 6.45) is 3.03. The van der Waals surface area contributed by atoms with E-state index in [0.29, 0.717) is 0 Å². The number of rotatable bonds is 3. The number of benzene rings is 3. The third-order valence-electron chi connectivity index (χ3n) is 6.71. The molecule has 0 aliphatic heterocycles. The summed E-state index contributed by atoms with van der Waals surface area (Å²) in [6.45, 7) is 11.0. The van der Waals surface area contributed by atoms with Crippen LogP contribution in [0.1, 0.15) is 37.7 Å². The Morgan fingerprint density at radius 3 is 2.31 bits per heavy atom. The van der Waals surface area contributed by atoms with Gasteiger partial charge < -0.3 is 0 Å². The highest BCUT2D eigenvalue weighted by molar-refractivity contribution is 7.26. The van der Waals surface area contributed by atoms with Gasteiger partial charge in [0.2, 0.25) is 0 Å². The van der Waals surface area contributed by atoms with Gasteiger partial charge in [0.25, 0.3) is 0 Å². The van der Waals surface area contributed by atoms with Gasteiger partial charge >= 0.3 is 0 Å². The largest absolute Gasteiger partial charge is 0.258 e. The van der Waals surface area contributed by atoms with Gasteiger partial charge in [0.1, 0.15) is 0 Å². The van der Waals surface area contributed by atoms with Crippen LogP contribution in [0.5, 0.6) is 0 Å². The zero-order valence-corrected chi connectivity index (χ0v) is 22.3. The Morgan fingerprint density at radius 1 is 0.750 bits per heavy atom. The molecule has 0 saturated carbocycles. The molecule has 178 valence electrons. The van der Waals surface area contributed by atoms with Crippen LogP contribution >= 0.6 is 11.3 Å². The van der Waals surface area contributed by atoms with Crippen molar-refractivity contribution in [2.75, 3.05) is 0 Å². The molecule has 36 heavy (non-hydrogen) atoms. The number of hydrogen-bond acceptors (Lipinski definition) is 3. The van der Waals surface area contributed by atoms with E-state index >= 15 is 0 Å². The zero-order valence-electron chi connectivity index (χ0n) is 21.5. The van der Waals surface area contributed by atoms with Gasteiger partial charge in [0.05, 0.1) is 10.4 Å². The highest BCUT2D eigenvalue weighted by atomic mass is 32.1. The lowest BCUT2D eigenvalue weighted by atomic mass is 9.88. The third kappa shape index (κ3) is 4.18. The van der Waals surface area contributed by atoms with Crippen molar-refractivity contribution in [1.82, 2.24) is 9.97 Å². The van der Waals surface area contributed by atoms with Gasteiger partial charge in [-0.15, -0.1) is 11.3 Å². The second-order valence-electron chi connectivity index (χ2n) is 11.1. The molecule has 0 atom stereocenters. The molecular formula is C33H30N2S. The Hall–Kier alpha value is -3.56. The van der Waals surface area contributed by atoms with Crippen molar-refractivity contribution in [1.29, 1.82) is 0 Å². The molecule has 2 nitrogen and oxygen atoms in total. The minimum atomic E-state index is 0.266. The highest BCUT2D eigenvalue weighted by Crippen LogP contribution is 2.42. The summed E-state index contributed by atoms with van der Waals surface area (Å²) in [5.74, 6) is 0. The molecule has 3 aromatic heterocycles. The van der Waals surface area contributed by atoms with Crippen molar-refractivity contribution < 1.29 is 0 Å². The highest BCUT2D eigenvalue weighted by Gasteiger charge is 2.16. The monoisotopic (exact) mass is 486 g/mol. The van der Waals surface area contributed by atoms with Crippen LogP contribution in [0.15, 0.2) is 79.0 Å². The maximum absolute atomic E-state index is 4.93. The lowest BCUT2D eigenvalue weighted by molar-refractivity contribution is 0.411. The average molecular weight is 487 g/mol. The van der Waals surface area contributed by atoms with Crippen LogP contribution in [0, 0.1) is 19.3 Å². The second kappa shape index (κ2) is 8.53. The number of thiophene rings is 1. The fourth-order valence-electron chi connectivity index (χ4n) is 5.35. The number of hydrogen-bond donors (Lipinski definition) is 0. The minimum absolute atomic E-state index is 0.266. The van der Waals surface area contributed by atoms with E-state index in [2.05, 4.69) is 112 Å². The first kappa shape index (κ1) is 22.9. The Labute approximate surface area is 216 Å². The smallest absolute Gasteiger partial charge is 0.0880 e. The lowest BCUT2D eigenvalue weighted by Gasteiger charge is -2.17.